The minimum absolute atomic E-state index is 0.00633. The van der Waals surface area contributed by atoms with Gasteiger partial charge >= 0.3 is 6.16 Å². The van der Waals surface area contributed by atoms with Crippen molar-refractivity contribution in [3.05, 3.63) is 69.7 Å². The molecule has 0 unspecified atom stereocenters. The Balaban J connectivity index is 0.000000640. The number of amides is 1. The second-order valence-corrected chi connectivity index (χ2v) is 7.50. The fourth-order valence-electron chi connectivity index (χ4n) is 3.44. The molecule has 0 radical (unpaired) electrons. The summed E-state index contributed by atoms with van der Waals surface area (Å²) in [4.78, 5) is 20.9. The molecule has 150 valence electrons. The predicted molar refractivity (Wildman–Crippen MR) is 110 cm³/mol. The number of halogens is 2. The molecule has 1 aliphatic rings. The molecule has 28 heavy (non-hydrogen) atoms. The van der Waals surface area contributed by atoms with Gasteiger partial charge in [-0.05, 0) is 54.9 Å². The minimum Gasteiger partial charge on any atom is -0.450 e. The molecule has 0 aliphatic heterocycles. The van der Waals surface area contributed by atoms with E-state index in [2.05, 4.69) is 35.6 Å². The summed E-state index contributed by atoms with van der Waals surface area (Å²) in [6.07, 6.45) is 2.66. The Labute approximate surface area is 174 Å². The second kappa shape index (κ2) is 10.9. The molecule has 1 saturated carbocycles. The highest BCUT2D eigenvalue weighted by atomic mass is 35.5. The van der Waals surface area contributed by atoms with Crippen molar-refractivity contribution >= 4 is 35.3 Å². The van der Waals surface area contributed by atoms with Gasteiger partial charge in [0.05, 0.1) is 6.42 Å². The largest absolute Gasteiger partial charge is 0.503 e. The van der Waals surface area contributed by atoms with Crippen molar-refractivity contribution in [2.24, 2.45) is 0 Å². The number of hydrogen-bond donors (Lipinski definition) is 3. The molecule has 0 saturated heterocycles. The Hall–Kier alpha value is -2.24. The van der Waals surface area contributed by atoms with Crippen LogP contribution in [0.25, 0.3) is 0 Å². The van der Waals surface area contributed by atoms with Crippen LogP contribution in [-0.2, 0) is 11.2 Å². The third-order valence-corrected chi connectivity index (χ3v) is 5.47. The van der Waals surface area contributed by atoms with E-state index in [1.54, 1.807) is 18.2 Å². The van der Waals surface area contributed by atoms with Crippen molar-refractivity contribution in [1.29, 1.82) is 0 Å². The number of carbonyl (C=O) groups excluding carboxylic acids is 1. The lowest BCUT2D eigenvalue weighted by Crippen LogP contribution is -2.38. The van der Waals surface area contributed by atoms with Crippen LogP contribution in [0, 0.1) is 0 Å². The monoisotopic (exact) mass is 423 g/mol. The number of nitrogens with one attached hydrogen (secondary N) is 1. The van der Waals surface area contributed by atoms with Gasteiger partial charge in [0.2, 0.25) is 5.91 Å². The minimum atomic E-state index is -1.83. The van der Waals surface area contributed by atoms with Crippen molar-refractivity contribution in [3.63, 3.8) is 0 Å². The Bertz CT molecular complexity index is 766. The van der Waals surface area contributed by atoms with Crippen molar-refractivity contribution < 1.29 is 19.8 Å². The van der Waals surface area contributed by atoms with Crippen molar-refractivity contribution in [2.45, 2.75) is 44.1 Å². The molecule has 0 bridgehead atoms. The molecule has 0 spiro atoms. The van der Waals surface area contributed by atoms with Gasteiger partial charge in [-0.1, -0.05) is 59.6 Å². The average molecular weight is 424 g/mol. The summed E-state index contributed by atoms with van der Waals surface area (Å²) in [6, 6.07) is 16.2. The smallest absolute Gasteiger partial charge is 0.450 e. The van der Waals surface area contributed by atoms with Crippen LogP contribution in [0.3, 0.4) is 0 Å². The summed E-state index contributed by atoms with van der Waals surface area (Å²) >= 11 is 12.3. The highest BCUT2D eigenvalue weighted by Gasteiger charge is 2.23. The number of carbonyl (C=O) groups is 2. The summed E-state index contributed by atoms with van der Waals surface area (Å²) in [7, 11) is 0. The molecule has 1 fully saturated rings. The van der Waals surface area contributed by atoms with Gasteiger partial charge in [-0.25, -0.2) is 4.79 Å². The zero-order valence-electron chi connectivity index (χ0n) is 15.3. The van der Waals surface area contributed by atoms with Gasteiger partial charge in [0.1, 0.15) is 0 Å². The highest BCUT2D eigenvalue weighted by molar-refractivity contribution is 6.36. The summed E-state index contributed by atoms with van der Waals surface area (Å²) in [5, 5.41) is 18.2. The molecular weight excluding hydrogens is 401 g/mol. The number of hydrogen-bond acceptors (Lipinski definition) is 2. The van der Waals surface area contributed by atoms with Crippen LogP contribution in [0.5, 0.6) is 0 Å². The summed E-state index contributed by atoms with van der Waals surface area (Å²) in [5.74, 6) is 0.602. The molecule has 1 amide bonds. The summed E-state index contributed by atoms with van der Waals surface area (Å²) < 4.78 is 0. The molecule has 1 aliphatic carbocycles. The third-order valence-electron chi connectivity index (χ3n) is 4.76. The van der Waals surface area contributed by atoms with E-state index in [0.29, 0.717) is 21.5 Å². The van der Waals surface area contributed by atoms with Crippen LogP contribution >= 0.6 is 23.2 Å². The lowest BCUT2D eigenvalue weighted by atomic mass is 9.82. The first kappa shape index (κ1) is 22.1. The molecule has 0 heterocycles. The van der Waals surface area contributed by atoms with Crippen LogP contribution in [0.2, 0.25) is 10.0 Å². The lowest BCUT2D eigenvalue weighted by molar-refractivity contribution is -0.121. The maximum Gasteiger partial charge on any atom is 0.503 e. The van der Waals surface area contributed by atoms with E-state index in [9.17, 15) is 4.79 Å². The van der Waals surface area contributed by atoms with E-state index in [1.165, 1.54) is 5.56 Å². The van der Waals surface area contributed by atoms with Gasteiger partial charge < -0.3 is 15.5 Å². The van der Waals surface area contributed by atoms with Gasteiger partial charge in [-0.15, -0.1) is 0 Å². The van der Waals surface area contributed by atoms with Gasteiger partial charge in [0.25, 0.3) is 0 Å². The van der Waals surface area contributed by atoms with Crippen LogP contribution in [0.15, 0.2) is 48.5 Å². The quantitative estimate of drug-likeness (QED) is 0.596. The van der Waals surface area contributed by atoms with E-state index >= 15 is 0 Å². The SMILES string of the molecule is O=C(Cc1c(Cl)cccc1Cl)NC1CCC(c2ccccc2)CC1.O=C(O)O. The first-order chi connectivity index (χ1) is 13.4. The topological polar surface area (TPSA) is 86.6 Å². The summed E-state index contributed by atoms with van der Waals surface area (Å²) in [6.45, 7) is 0. The summed E-state index contributed by atoms with van der Waals surface area (Å²) in [5.41, 5.74) is 2.11. The predicted octanol–water partition coefficient (Wildman–Crippen LogP) is 5.60. The van der Waals surface area contributed by atoms with Gasteiger partial charge in [0.15, 0.2) is 0 Å². The zero-order valence-corrected chi connectivity index (χ0v) is 16.8. The molecule has 0 atom stereocenters. The van der Waals surface area contributed by atoms with Crippen molar-refractivity contribution in [3.8, 4) is 0 Å². The second-order valence-electron chi connectivity index (χ2n) is 6.69. The van der Waals surface area contributed by atoms with E-state index in [4.69, 9.17) is 38.2 Å². The lowest BCUT2D eigenvalue weighted by Gasteiger charge is -2.29. The standard InChI is InChI=1S/C20H21Cl2NO.CH2O3/c21-18-7-4-8-19(22)17(18)13-20(24)23-16-11-9-15(10-12-16)14-5-2-1-3-6-14;2-1(3)4/h1-8,15-16H,9-13H2,(H,23,24);(H2,2,3,4). The Kier molecular flexibility index (Phi) is 8.61. The Morgan fingerprint density at radius 1 is 0.893 bits per heavy atom. The number of carboxylic acid groups (broad SMARTS) is 2. The molecule has 0 aromatic heterocycles. The molecule has 3 rings (SSSR count). The van der Waals surface area contributed by atoms with E-state index in [1.807, 2.05) is 0 Å². The maximum atomic E-state index is 12.3. The fourth-order valence-corrected chi connectivity index (χ4v) is 3.97. The Morgan fingerprint density at radius 3 is 1.96 bits per heavy atom. The maximum absolute atomic E-state index is 12.3. The highest BCUT2D eigenvalue weighted by Crippen LogP contribution is 2.33. The average Bonchev–Trinajstić information content (AvgIpc) is 2.66. The molecule has 2 aromatic rings. The fraction of sp³-hybridized carbons (Fsp3) is 0.333. The third kappa shape index (κ3) is 7.06. The van der Waals surface area contributed by atoms with Crippen molar-refractivity contribution in [2.75, 3.05) is 0 Å². The molecule has 3 N–H and O–H groups in total. The molecule has 7 heteroatoms. The van der Waals surface area contributed by atoms with E-state index < -0.39 is 6.16 Å². The van der Waals surface area contributed by atoms with E-state index in [-0.39, 0.29) is 18.4 Å². The van der Waals surface area contributed by atoms with Gasteiger partial charge in [-0.3, -0.25) is 4.79 Å². The first-order valence-corrected chi connectivity index (χ1v) is 9.81. The molecular formula is C21H23Cl2NO4. The molecule has 5 nitrogen and oxygen atoms in total. The zero-order chi connectivity index (χ0) is 20.5. The number of benzene rings is 2. The van der Waals surface area contributed by atoms with E-state index in [0.717, 1.165) is 25.7 Å². The van der Waals surface area contributed by atoms with Gasteiger partial charge in [-0.2, -0.15) is 0 Å². The number of rotatable bonds is 4. The van der Waals surface area contributed by atoms with Crippen molar-refractivity contribution in [1.82, 2.24) is 5.32 Å². The first-order valence-electron chi connectivity index (χ1n) is 9.06. The van der Waals surface area contributed by atoms with Crippen LogP contribution in [-0.4, -0.2) is 28.3 Å². The Morgan fingerprint density at radius 2 is 1.43 bits per heavy atom. The van der Waals surface area contributed by atoms with Crippen LogP contribution in [0.4, 0.5) is 4.79 Å². The van der Waals surface area contributed by atoms with Crippen LogP contribution in [0.1, 0.15) is 42.7 Å². The normalized spacial score (nSPS) is 18.5. The van der Waals surface area contributed by atoms with Gasteiger partial charge in [0, 0.05) is 16.1 Å². The van der Waals surface area contributed by atoms with Crippen LogP contribution < -0.4 is 5.32 Å². The molecule has 2 aromatic carbocycles.